The van der Waals surface area contributed by atoms with Crippen molar-refractivity contribution < 1.29 is 4.79 Å². The van der Waals surface area contributed by atoms with Crippen molar-refractivity contribution in [3.63, 3.8) is 0 Å². The van der Waals surface area contributed by atoms with Crippen LogP contribution >= 0.6 is 11.8 Å². The molecule has 0 aliphatic carbocycles. The number of carbonyl (C=O) groups is 1. The Hall–Kier alpha value is -2.73. The molecule has 6 heteroatoms. The largest absolute Gasteiger partial charge is 0.325 e. The first-order valence-corrected chi connectivity index (χ1v) is 9.27. The fourth-order valence-corrected chi connectivity index (χ4v) is 3.21. The Balaban J connectivity index is 1.69. The van der Waals surface area contributed by atoms with Crippen molar-refractivity contribution in [2.24, 2.45) is 0 Å². The van der Waals surface area contributed by atoms with Crippen LogP contribution in [0.25, 0.3) is 11.4 Å². The van der Waals surface area contributed by atoms with E-state index in [4.69, 9.17) is 0 Å². The number of nitrogens with zero attached hydrogens (tertiary/aromatic N) is 3. The normalized spacial score (nSPS) is 10.6. The fourth-order valence-electron chi connectivity index (χ4n) is 2.47. The maximum atomic E-state index is 12.3. The molecule has 1 N–H and O–H groups in total. The van der Waals surface area contributed by atoms with E-state index in [1.165, 1.54) is 11.8 Å². The number of thioether (sulfide) groups is 1. The second-order valence-corrected chi connectivity index (χ2v) is 6.93. The molecule has 0 atom stereocenters. The van der Waals surface area contributed by atoms with Crippen molar-refractivity contribution >= 4 is 23.4 Å². The number of aryl methyl sites for hydroxylation is 2. The molecule has 0 radical (unpaired) electrons. The van der Waals surface area contributed by atoms with Gasteiger partial charge in [-0.25, -0.2) is 9.97 Å². The van der Waals surface area contributed by atoms with Gasteiger partial charge < -0.3 is 5.32 Å². The Morgan fingerprint density at radius 2 is 1.88 bits per heavy atom. The molecule has 0 fully saturated rings. The van der Waals surface area contributed by atoms with Gasteiger partial charge in [0.25, 0.3) is 0 Å². The van der Waals surface area contributed by atoms with Crippen LogP contribution in [0, 0.1) is 20.8 Å². The minimum Gasteiger partial charge on any atom is -0.325 e. The number of amides is 1. The van der Waals surface area contributed by atoms with E-state index in [-0.39, 0.29) is 11.7 Å². The summed E-state index contributed by atoms with van der Waals surface area (Å²) in [6.07, 6.45) is 1.73. The van der Waals surface area contributed by atoms with Crippen LogP contribution in [-0.2, 0) is 4.79 Å². The van der Waals surface area contributed by atoms with E-state index in [9.17, 15) is 4.79 Å². The predicted octanol–water partition coefficient (Wildman–Crippen LogP) is 4.19. The molecule has 3 aromatic rings. The molecule has 26 heavy (non-hydrogen) atoms. The molecule has 2 heterocycles. The van der Waals surface area contributed by atoms with Crippen LogP contribution in [0.3, 0.4) is 0 Å². The maximum absolute atomic E-state index is 12.3. The first-order valence-electron chi connectivity index (χ1n) is 8.29. The highest BCUT2D eigenvalue weighted by Crippen LogP contribution is 2.23. The van der Waals surface area contributed by atoms with Crippen molar-refractivity contribution in [2.45, 2.75) is 25.8 Å². The standard InChI is InChI=1S/C20H20N4OS/c1-13-7-6-9-16(14(13)2)24-19(25)12-26-20-11-18(22-15(3)23-20)17-8-4-5-10-21-17/h4-11H,12H2,1-3H3,(H,24,25). The summed E-state index contributed by atoms with van der Waals surface area (Å²) in [7, 11) is 0. The van der Waals surface area contributed by atoms with Gasteiger partial charge in [-0.2, -0.15) is 0 Å². The van der Waals surface area contributed by atoms with E-state index in [1.54, 1.807) is 6.20 Å². The Bertz CT molecular complexity index is 928. The second kappa shape index (κ2) is 8.10. The molecule has 3 rings (SSSR count). The predicted molar refractivity (Wildman–Crippen MR) is 105 cm³/mol. The molecule has 2 aromatic heterocycles. The van der Waals surface area contributed by atoms with Gasteiger partial charge in [-0.15, -0.1) is 0 Å². The lowest BCUT2D eigenvalue weighted by Gasteiger charge is -2.10. The SMILES string of the molecule is Cc1nc(SCC(=O)Nc2cccc(C)c2C)cc(-c2ccccn2)n1. The third kappa shape index (κ3) is 4.46. The number of pyridine rings is 1. The molecule has 1 aromatic carbocycles. The highest BCUT2D eigenvalue weighted by molar-refractivity contribution is 7.99. The van der Waals surface area contributed by atoms with E-state index in [1.807, 2.05) is 63.2 Å². The summed E-state index contributed by atoms with van der Waals surface area (Å²) in [6.45, 7) is 5.88. The third-order valence-electron chi connectivity index (χ3n) is 3.97. The van der Waals surface area contributed by atoms with E-state index in [2.05, 4.69) is 20.3 Å². The Kier molecular flexibility index (Phi) is 5.63. The Morgan fingerprint density at radius 1 is 1.04 bits per heavy atom. The van der Waals surface area contributed by atoms with E-state index in [0.29, 0.717) is 5.82 Å². The van der Waals surface area contributed by atoms with Crippen molar-refractivity contribution in [2.75, 3.05) is 11.1 Å². The number of nitrogens with one attached hydrogen (secondary N) is 1. The van der Waals surface area contributed by atoms with E-state index in [0.717, 1.165) is 33.2 Å². The van der Waals surface area contributed by atoms with Crippen LogP contribution in [0.2, 0.25) is 0 Å². The lowest BCUT2D eigenvalue weighted by atomic mass is 10.1. The van der Waals surface area contributed by atoms with Gasteiger partial charge >= 0.3 is 0 Å². The number of anilines is 1. The van der Waals surface area contributed by atoms with Gasteiger partial charge in [0, 0.05) is 11.9 Å². The van der Waals surface area contributed by atoms with Crippen molar-refractivity contribution in [3.8, 4) is 11.4 Å². The molecule has 0 unspecified atom stereocenters. The first-order chi connectivity index (χ1) is 12.5. The van der Waals surface area contributed by atoms with Crippen molar-refractivity contribution in [1.29, 1.82) is 0 Å². The molecule has 5 nitrogen and oxygen atoms in total. The zero-order chi connectivity index (χ0) is 18.5. The molecular formula is C20H20N4OS. The van der Waals surface area contributed by atoms with Gasteiger partial charge in [0.1, 0.15) is 10.9 Å². The number of rotatable bonds is 5. The number of aromatic nitrogens is 3. The fraction of sp³-hybridized carbons (Fsp3) is 0.200. The molecular weight excluding hydrogens is 344 g/mol. The van der Waals surface area contributed by atoms with Gasteiger partial charge in [0.15, 0.2) is 0 Å². The Labute approximate surface area is 157 Å². The maximum Gasteiger partial charge on any atom is 0.234 e. The van der Waals surface area contributed by atoms with Crippen LogP contribution in [0.15, 0.2) is 53.7 Å². The van der Waals surface area contributed by atoms with Crippen molar-refractivity contribution in [1.82, 2.24) is 15.0 Å². The van der Waals surface area contributed by atoms with Gasteiger partial charge in [-0.3, -0.25) is 9.78 Å². The summed E-state index contributed by atoms with van der Waals surface area (Å²) in [6, 6.07) is 13.4. The first kappa shape index (κ1) is 18.1. The van der Waals surface area contributed by atoms with Gasteiger partial charge in [-0.05, 0) is 56.2 Å². The van der Waals surface area contributed by atoms with Crippen LogP contribution in [0.1, 0.15) is 17.0 Å². The molecule has 0 saturated heterocycles. The molecule has 1 amide bonds. The quantitative estimate of drug-likeness (QED) is 0.543. The number of hydrogen-bond donors (Lipinski definition) is 1. The zero-order valence-electron chi connectivity index (χ0n) is 15.0. The van der Waals surface area contributed by atoms with Gasteiger partial charge in [0.05, 0.1) is 17.1 Å². The zero-order valence-corrected chi connectivity index (χ0v) is 15.8. The number of benzene rings is 1. The van der Waals surface area contributed by atoms with Crippen molar-refractivity contribution in [3.05, 3.63) is 65.6 Å². The van der Waals surface area contributed by atoms with Gasteiger partial charge in [-0.1, -0.05) is 30.0 Å². The van der Waals surface area contributed by atoms with Crippen LogP contribution in [-0.4, -0.2) is 26.6 Å². The minimum atomic E-state index is -0.0562. The lowest BCUT2D eigenvalue weighted by Crippen LogP contribution is -2.15. The van der Waals surface area contributed by atoms with E-state index >= 15 is 0 Å². The average molecular weight is 364 g/mol. The highest BCUT2D eigenvalue weighted by atomic mass is 32.2. The molecule has 0 aliphatic heterocycles. The van der Waals surface area contributed by atoms with E-state index < -0.39 is 0 Å². The monoisotopic (exact) mass is 364 g/mol. The summed E-state index contributed by atoms with van der Waals surface area (Å²) in [5.41, 5.74) is 4.64. The summed E-state index contributed by atoms with van der Waals surface area (Å²) in [4.78, 5) is 25.5. The third-order valence-corrected chi connectivity index (χ3v) is 4.88. The second-order valence-electron chi connectivity index (χ2n) is 5.94. The molecule has 0 spiro atoms. The van der Waals surface area contributed by atoms with Crippen LogP contribution in [0.4, 0.5) is 5.69 Å². The highest BCUT2D eigenvalue weighted by Gasteiger charge is 2.10. The smallest absolute Gasteiger partial charge is 0.234 e. The topological polar surface area (TPSA) is 67.8 Å². The molecule has 0 saturated carbocycles. The van der Waals surface area contributed by atoms with Crippen LogP contribution < -0.4 is 5.32 Å². The molecule has 132 valence electrons. The minimum absolute atomic E-state index is 0.0562. The lowest BCUT2D eigenvalue weighted by molar-refractivity contribution is -0.113. The molecule has 0 aliphatic rings. The number of carbonyl (C=O) groups excluding carboxylic acids is 1. The van der Waals surface area contributed by atoms with Gasteiger partial charge in [0.2, 0.25) is 5.91 Å². The average Bonchev–Trinajstić information content (AvgIpc) is 2.64. The Morgan fingerprint density at radius 3 is 2.65 bits per heavy atom. The summed E-state index contributed by atoms with van der Waals surface area (Å²) in [5, 5.41) is 3.73. The summed E-state index contributed by atoms with van der Waals surface area (Å²) >= 11 is 1.39. The molecule has 0 bridgehead atoms. The number of hydrogen-bond acceptors (Lipinski definition) is 5. The summed E-state index contributed by atoms with van der Waals surface area (Å²) < 4.78 is 0. The van der Waals surface area contributed by atoms with Crippen LogP contribution in [0.5, 0.6) is 0 Å². The summed E-state index contributed by atoms with van der Waals surface area (Å²) in [5.74, 6) is 0.885.